The normalized spacial score (nSPS) is 16.5. The van der Waals surface area contributed by atoms with E-state index in [4.69, 9.17) is 4.74 Å². The van der Waals surface area contributed by atoms with E-state index >= 15 is 0 Å². The van der Waals surface area contributed by atoms with Crippen LogP contribution in [0, 0.1) is 0 Å². The maximum Gasteiger partial charge on any atom is 0.416 e. The van der Waals surface area contributed by atoms with Gasteiger partial charge in [0.1, 0.15) is 6.33 Å². The lowest BCUT2D eigenvalue weighted by Crippen LogP contribution is -2.49. The summed E-state index contributed by atoms with van der Waals surface area (Å²) in [5.74, 6) is -0.178. The third-order valence-corrected chi connectivity index (χ3v) is 5.08. The average Bonchev–Trinajstić information content (AvgIpc) is 2.81. The zero-order valence-corrected chi connectivity index (χ0v) is 17.4. The van der Waals surface area contributed by atoms with Crippen LogP contribution in [0.2, 0.25) is 0 Å². The van der Waals surface area contributed by atoms with Gasteiger partial charge in [0, 0.05) is 31.5 Å². The van der Waals surface area contributed by atoms with Gasteiger partial charge in [-0.1, -0.05) is 0 Å². The zero-order valence-electron chi connectivity index (χ0n) is 17.4. The highest BCUT2D eigenvalue weighted by molar-refractivity contribution is 5.94. The first kappa shape index (κ1) is 22.4. The molecular formula is C21H19F3N6O3. The molecule has 1 N–H and O–H groups in total. The molecular weight excluding hydrogens is 441 g/mol. The molecule has 1 fully saturated rings. The molecule has 3 aromatic rings. The number of hydrogen-bond acceptors (Lipinski definition) is 7. The number of hydrogen-bond donors (Lipinski definition) is 1. The number of halogens is 3. The van der Waals surface area contributed by atoms with Crippen LogP contribution in [0.5, 0.6) is 0 Å². The summed E-state index contributed by atoms with van der Waals surface area (Å²) in [4.78, 5) is 39.4. The molecule has 172 valence electrons. The lowest BCUT2D eigenvalue weighted by molar-refractivity contribution is -0.137. The van der Waals surface area contributed by atoms with Crippen molar-refractivity contribution in [3.63, 3.8) is 0 Å². The highest BCUT2D eigenvalue weighted by Gasteiger charge is 2.31. The molecule has 1 atom stereocenters. The number of benzene rings is 1. The SMILES string of the molecule is Cn1c(N2CCOC(C(=O)Nc3ccc(C(F)(F)F)cc3)C2)nc(-c2ccncn2)cc1=O. The third-order valence-electron chi connectivity index (χ3n) is 5.08. The van der Waals surface area contributed by atoms with Crippen molar-refractivity contribution in [2.45, 2.75) is 12.3 Å². The fourth-order valence-corrected chi connectivity index (χ4v) is 3.34. The quantitative estimate of drug-likeness (QED) is 0.636. The molecule has 1 aliphatic rings. The van der Waals surface area contributed by atoms with Crippen molar-refractivity contribution >= 4 is 17.5 Å². The Morgan fingerprint density at radius 1 is 1.18 bits per heavy atom. The van der Waals surface area contributed by atoms with Gasteiger partial charge in [0.2, 0.25) is 5.95 Å². The minimum Gasteiger partial charge on any atom is -0.365 e. The molecule has 1 amide bonds. The van der Waals surface area contributed by atoms with Gasteiger partial charge in [0.25, 0.3) is 11.5 Å². The van der Waals surface area contributed by atoms with E-state index in [1.807, 2.05) is 0 Å². The van der Waals surface area contributed by atoms with Gasteiger partial charge in [0.15, 0.2) is 6.10 Å². The number of amides is 1. The first-order valence-electron chi connectivity index (χ1n) is 9.91. The van der Waals surface area contributed by atoms with Gasteiger partial charge >= 0.3 is 6.18 Å². The van der Waals surface area contributed by atoms with E-state index < -0.39 is 23.8 Å². The molecule has 4 rings (SSSR count). The summed E-state index contributed by atoms with van der Waals surface area (Å²) in [6, 6.07) is 7.13. The van der Waals surface area contributed by atoms with E-state index in [1.54, 1.807) is 18.0 Å². The first-order valence-corrected chi connectivity index (χ1v) is 9.91. The zero-order chi connectivity index (χ0) is 23.6. The molecule has 0 spiro atoms. The van der Waals surface area contributed by atoms with Crippen LogP contribution in [0.25, 0.3) is 11.4 Å². The summed E-state index contributed by atoms with van der Waals surface area (Å²) in [6.45, 7) is 0.677. The summed E-state index contributed by atoms with van der Waals surface area (Å²) in [5, 5.41) is 2.56. The number of nitrogens with one attached hydrogen (secondary N) is 1. The van der Waals surface area contributed by atoms with Crippen LogP contribution in [0.3, 0.4) is 0 Å². The molecule has 33 heavy (non-hydrogen) atoms. The number of carbonyl (C=O) groups is 1. The Balaban J connectivity index is 1.51. The fourth-order valence-electron chi connectivity index (χ4n) is 3.34. The van der Waals surface area contributed by atoms with Crippen molar-refractivity contribution in [2.75, 3.05) is 29.9 Å². The van der Waals surface area contributed by atoms with Crippen molar-refractivity contribution in [2.24, 2.45) is 7.05 Å². The highest BCUT2D eigenvalue weighted by Crippen LogP contribution is 2.30. The van der Waals surface area contributed by atoms with Crippen molar-refractivity contribution in [3.8, 4) is 11.4 Å². The number of alkyl halides is 3. The van der Waals surface area contributed by atoms with Crippen molar-refractivity contribution < 1.29 is 22.7 Å². The van der Waals surface area contributed by atoms with Crippen LogP contribution in [-0.2, 0) is 22.8 Å². The lowest BCUT2D eigenvalue weighted by atomic mass is 10.2. The number of nitrogens with zero attached hydrogens (tertiary/aromatic N) is 5. The van der Waals surface area contributed by atoms with E-state index in [0.29, 0.717) is 23.9 Å². The minimum absolute atomic E-state index is 0.0972. The molecule has 2 aromatic heterocycles. The maximum atomic E-state index is 12.7. The van der Waals surface area contributed by atoms with Gasteiger partial charge in [-0.3, -0.25) is 14.2 Å². The van der Waals surface area contributed by atoms with Crippen LogP contribution in [-0.4, -0.2) is 51.2 Å². The predicted octanol–water partition coefficient (Wildman–Crippen LogP) is 2.10. The molecule has 12 heteroatoms. The standard InChI is InChI=1S/C21H19F3N6O3/c1-29-18(31)10-16(15-6-7-25-12-26-15)28-20(29)30-8-9-33-17(11-30)19(32)27-14-4-2-13(3-5-14)21(22,23)24/h2-7,10,12,17H,8-9,11H2,1H3,(H,27,32). The first-order chi connectivity index (χ1) is 15.7. The van der Waals surface area contributed by atoms with E-state index in [-0.39, 0.29) is 24.4 Å². The summed E-state index contributed by atoms with van der Waals surface area (Å²) < 4.78 is 45.1. The van der Waals surface area contributed by atoms with Crippen molar-refractivity contribution in [1.29, 1.82) is 0 Å². The fraction of sp³-hybridized carbons (Fsp3) is 0.286. The summed E-state index contributed by atoms with van der Waals surface area (Å²) in [6.07, 6.45) is -2.48. The van der Waals surface area contributed by atoms with Gasteiger partial charge in [-0.2, -0.15) is 13.2 Å². The highest BCUT2D eigenvalue weighted by atomic mass is 19.4. The van der Waals surface area contributed by atoms with E-state index in [0.717, 1.165) is 12.1 Å². The Morgan fingerprint density at radius 2 is 1.94 bits per heavy atom. The van der Waals surface area contributed by atoms with Crippen LogP contribution >= 0.6 is 0 Å². The molecule has 1 saturated heterocycles. The maximum absolute atomic E-state index is 12.7. The van der Waals surface area contributed by atoms with E-state index in [1.165, 1.54) is 35.3 Å². The Kier molecular flexibility index (Phi) is 6.09. The second-order valence-electron chi connectivity index (χ2n) is 7.30. The molecule has 1 unspecified atom stereocenters. The van der Waals surface area contributed by atoms with Crippen molar-refractivity contribution in [3.05, 3.63) is 64.8 Å². The van der Waals surface area contributed by atoms with Gasteiger partial charge in [0.05, 0.1) is 30.1 Å². The molecule has 1 aliphatic heterocycles. The summed E-state index contributed by atoms with van der Waals surface area (Å²) >= 11 is 0. The number of ether oxygens (including phenoxy) is 1. The van der Waals surface area contributed by atoms with Gasteiger partial charge in [-0.15, -0.1) is 0 Å². The molecule has 0 saturated carbocycles. The second-order valence-corrected chi connectivity index (χ2v) is 7.30. The Morgan fingerprint density at radius 3 is 2.61 bits per heavy atom. The van der Waals surface area contributed by atoms with Crippen molar-refractivity contribution in [1.82, 2.24) is 19.5 Å². The monoisotopic (exact) mass is 460 g/mol. The number of aromatic nitrogens is 4. The Hall–Kier alpha value is -3.80. The van der Waals surface area contributed by atoms with Crippen LogP contribution in [0.1, 0.15) is 5.56 Å². The molecule has 1 aromatic carbocycles. The van der Waals surface area contributed by atoms with Crippen LogP contribution < -0.4 is 15.8 Å². The molecule has 3 heterocycles. The summed E-state index contributed by atoms with van der Waals surface area (Å²) in [5.41, 5.74) is -0.0476. The largest absolute Gasteiger partial charge is 0.416 e. The average molecular weight is 460 g/mol. The summed E-state index contributed by atoms with van der Waals surface area (Å²) in [7, 11) is 1.57. The Labute approximate surface area is 185 Å². The number of rotatable bonds is 4. The Bertz CT molecular complexity index is 1200. The topological polar surface area (TPSA) is 102 Å². The number of carbonyl (C=O) groups excluding carboxylic acids is 1. The molecule has 0 aliphatic carbocycles. The molecule has 9 nitrogen and oxygen atoms in total. The van der Waals surface area contributed by atoms with Crippen LogP contribution in [0.15, 0.2) is 53.7 Å². The van der Waals surface area contributed by atoms with Gasteiger partial charge in [-0.05, 0) is 30.3 Å². The number of morpholine rings is 1. The van der Waals surface area contributed by atoms with E-state index in [2.05, 4.69) is 20.3 Å². The smallest absolute Gasteiger partial charge is 0.365 e. The van der Waals surface area contributed by atoms with Gasteiger partial charge in [-0.25, -0.2) is 15.0 Å². The predicted molar refractivity (Wildman–Crippen MR) is 113 cm³/mol. The minimum atomic E-state index is -4.46. The third kappa shape index (κ3) is 5.00. The van der Waals surface area contributed by atoms with E-state index in [9.17, 15) is 22.8 Å². The lowest BCUT2D eigenvalue weighted by Gasteiger charge is -2.33. The molecule has 0 bridgehead atoms. The second kappa shape index (κ2) is 8.98. The van der Waals surface area contributed by atoms with Gasteiger partial charge < -0.3 is 15.0 Å². The van der Waals surface area contributed by atoms with Crippen LogP contribution in [0.4, 0.5) is 24.8 Å². The molecule has 0 radical (unpaired) electrons. The number of anilines is 2.